The van der Waals surface area contributed by atoms with Crippen molar-refractivity contribution in [3.8, 4) is 0 Å². The summed E-state index contributed by atoms with van der Waals surface area (Å²) in [5, 5.41) is 1.10. The number of hydrogen-bond donors (Lipinski definition) is 1. The Morgan fingerprint density at radius 1 is 1.56 bits per heavy atom. The molecule has 0 radical (unpaired) electrons. The van der Waals surface area contributed by atoms with E-state index in [0.717, 1.165) is 4.47 Å². The maximum atomic E-state index is 11.7. The molecule has 0 aliphatic heterocycles. The van der Waals surface area contributed by atoms with Crippen LogP contribution in [0.5, 0.6) is 0 Å². The first-order valence-electron chi connectivity index (χ1n) is 5.25. The maximum absolute atomic E-state index is 11.7. The first-order valence-corrected chi connectivity index (χ1v) is 6.42. The molecule has 0 fully saturated rings. The second-order valence-corrected chi connectivity index (χ2v) is 4.91. The van der Waals surface area contributed by atoms with Crippen LogP contribution in [0.4, 0.5) is 5.69 Å². The van der Waals surface area contributed by atoms with Crippen molar-refractivity contribution in [2.75, 3.05) is 12.3 Å². The van der Waals surface area contributed by atoms with Gasteiger partial charge in [0.2, 0.25) is 0 Å². The summed E-state index contributed by atoms with van der Waals surface area (Å²) in [6.07, 6.45) is 1.38. The van der Waals surface area contributed by atoms with Crippen molar-refractivity contribution >= 4 is 50.1 Å². The van der Waals surface area contributed by atoms with Crippen LogP contribution in [0, 0.1) is 0 Å². The molecule has 94 valence electrons. The highest BCUT2D eigenvalue weighted by Gasteiger charge is 2.15. The molecule has 2 rings (SSSR count). The molecule has 0 saturated carbocycles. The van der Waals surface area contributed by atoms with E-state index in [1.54, 1.807) is 19.1 Å². The number of pyridine rings is 1. The standard InChI is InChI=1S/C12H10BrClN2O2/c1-2-18-12(17)8-5-16-11-7(10(8)15)3-6(13)4-9(11)14/h3-5H,2H2,1H3,(H2,15,16). The van der Waals surface area contributed by atoms with Gasteiger partial charge in [0, 0.05) is 16.1 Å². The zero-order chi connectivity index (χ0) is 13.3. The predicted molar refractivity (Wildman–Crippen MR) is 74.8 cm³/mol. The molecule has 0 saturated heterocycles. The lowest BCUT2D eigenvalue weighted by Gasteiger charge is -2.09. The predicted octanol–water partition coefficient (Wildman–Crippen LogP) is 3.41. The van der Waals surface area contributed by atoms with Crippen LogP contribution in [0.1, 0.15) is 17.3 Å². The molecule has 1 aromatic heterocycles. The number of benzene rings is 1. The summed E-state index contributed by atoms with van der Waals surface area (Å²) in [7, 11) is 0. The van der Waals surface area contributed by atoms with Gasteiger partial charge >= 0.3 is 5.97 Å². The Hall–Kier alpha value is -1.33. The first-order chi connectivity index (χ1) is 8.54. The molecule has 0 bridgehead atoms. The molecule has 0 spiro atoms. The second-order valence-electron chi connectivity index (χ2n) is 3.59. The number of carbonyl (C=O) groups excluding carboxylic acids is 1. The largest absolute Gasteiger partial charge is 0.462 e. The van der Waals surface area contributed by atoms with Crippen molar-refractivity contribution in [2.45, 2.75) is 6.92 Å². The van der Waals surface area contributed by atoms with Crippen LogP contribution in [0.3, 0.4) is 0 Å². The topological polar surface area (TPSA) is 65.2 Å². The lowest BCUT2D eigenvalue weighted by atomic mass is 10.1. The minimum atomic E-state index is -0.486. The number of esters is 1. The van der Waals surface area contributed by atoms with E-state index in [4.69, 9.17) is 22.1 Å². The van der Waals surface area contributed by atoms with E-state index < -0.39 is 5.97 Å². The molecule has 0 unspecified atom stereocenters. The Kier molecular flexibility index (Phi) is 3.73. The number of carbonyl (C=O) groups is 1. The molecule has 0 aliphatic rings. The quantitative estimate of drug-likeness (QED) is 0.858. The minimum absolute atomic E-state index is 0.249. The van der Waals surface area contributed by atoms with Gasteiger partial charge in [-0.1, -0.05) is 27.5 Å². The molecule has 6 heteroatoms. The number of rotatable bonds is 2. The molecule has 2 aromatic rings. The minimum Gasteiger partial charge on any atom is -0.462 e. The maximum Gasteiger partial charge on any atom is 0.341 e. The number of fused-ring (bicyclic) bond motifs is 1. The molecule has 1 aromatic carbocycles. The Labute approximate surface area is 117 Å². The van der Waals surface area contributed by atoms with Gasteiger partial charge in [-0.25, -0.2) is 4.79 Å². The summed E-state index contributed by atoms with van der Waals surface area (Å²) in [5.74, 6) is -0.486. The van der Waals surface area contributed by atoms with Crippen LogP contribution >= 0.6 is 27.5 Å². The van der Waals surface area contributed by atoms with E-state index in [-0.39, 0.29) is 12.2 Å². The highest BCUT2D eigenvalue weighted by molar-refractivity contribution is 9.10. The zero-order valence-corrected chi connectivity index (χ0v) is 11.9. The van der Waals surface area contributed by atoms with Crippen molar-refractivity contribution in [1.82, 2.24) is 4.98 Å². The SMILES string of the molecule is CCOC(=O)c1cnc2c(Cl)cc(Br)cc2c1N. The van der Waals surface area contributed by atoms with E-state index >= 15 is 0 Å². The Balaban J connectivity index is 2.67. The fourth-order valence-electron chi connectivity index (χ4n) is 1.62. The molecule has 1 heterocycles. The van der Waals surface area contributed by atoms with Gasteiger partial charge in [-0.15, -0.1) is 0 Å². The molecule has 0 aliphatic carbocycles. The van der Waals surface area contributed by atoms with Gasteiger partial charge in [0.1, 0.15) is 5.56 Å². The third-order valence-corrected chi connectivity index (χ3v) is 3.17. The van der Waals surface area contributed by atoms with Gasteiger partial charge in [0.15, 0.2) is 0 Å². The average Bonchev–Trinajstić information content (AvgIpc) is 2.30. The van der Waals surface area contributed by atoms with Crippen molar-refractivity contribution in [3.63, 3.8) is 0 Å². The summed E-state index contributed by atoms with van der Waals surface area (Å²) < 4.78 is 5.69. The number of halogens is 2. The molecule has 4 nitrogen and oxygen atoms in total. The molecule has 18 heavy (non-hydrogen) atoms. The number of aromatic nitrogens is 1. The number of hydrogen-bond acceptors (Lipinski definition) is 4. The highest BCUT2D eigenvalue weighted by Crippen LogP contribution is 2.31. The smallest absolute Gasteiger partial charge is 0.341 e. The van der Waals surface area contributed by atoms with Crippen molar-refractivity contribution in [1.29, 1.82) is 0 Å². The van der Waals surface area contributed by atoms with Crippen molar-refractivity contribution in [3.05, 3.63) is 33.4 Å². The van der Waals surface area contributed by atoms with E-state index in [0.29, 0.717) is 21.6 Å². The Morgan fingerprint density at radius 3 is 2.94 bits per heavy atom. The molecule has 0 amide bonds. The summed E-state index contributed by atoms with van der Waals surface area (Å²) in [6.45, 7) is 2.02. The summed E-state index contributed by atoms with van der Waals surface area (Å²) in [6, 6.07) is 3.49. The summed E-state index contributed by atoms with van der Waals surface area (Å²) >= 11 is 9.39. The van der Waals surface area contributed by atoms with E-state index in [2.05, 4.69) is 20.9 Å². The zero-order valence-electron chi connectivity index (χ0n) is 9.54. The Morgan fingerprint density at radius 2 is 2.28 bits per heavy atom. The fraction of sp³-hybridized carbons (Fsp3) is 0.167. The van der Waals surface area contributed by atoms with Crippen LogP contribution in [-0.4, -0.2) is 17.6 Å². The third-order valence-electron chi connectivity index (χ3n) is 2.43. The van der Waals surface area contributed by atoms with Crippen LogP contribution in [0.2, 0.25) is 5.02 Å². The number of anilines is 1. The van der Waals surface area contributed by atoms with Gasteiger partial charge in [0.05, 0.1) is 22.8 Å². The number of nitrogens with two attached hydrogens (primary N) is 1. The highest BCUT2D eigenvalue weighted by atomic mass is 79.9. The van der Waals surface area contributed by atoms with Gasteiger partial charge in [-0.2, -0.15) is 0 Å². The third kappa shape index (κ3) is 2.28. The Bertz CT molecular complexity index is 631. The first kappa shape index (κ1) is 13.1. The monoisotopic (exact) mass is 328 g/mol. The molecule has 0 atom stereocenters. The van der Waals surface area contributed by atoms with Crippen molar-refractivity contribution in [2.24, 2.45) is 0 Å². The fourth-order valence-corrected chi connectivity index (χ4v) is 2.48. The number of ether oxygens (including phenoxy) is 1. The van der Waals surface area contributed by atoms with Gasteiger partial charge < -0.3 is 10.5 Å². The second kappa shape index (κ2) is 5.12. The molecular weight excluding hydrogens is 320 g/mol. The average molecular weight is 330 g/mol. The van der Waals surface area contributed by atoms with E-state index in [9.17, 15) is 4.79 Å². The van der Waals surface area contributed by atoms with E-state index in [1.165, 1.54) is 6.20 Å². The van der Waals surface area contributed by atoms with E-state index in [1.807, 2.05) is 0 Å². The number of nitrogens with zero attached hydrogens (tertiary/aromatic N) is 1. The van der Waals surface area contributed by atoms with Gasteiger partial charge in [-0.3, -0.25) is 4.98 Å². The number of nitrogen functional groups attached to an aromatic ring is 1. The van der Waals surface area contributed by atoms with Crippen molar-refractivity contribution < 1.29 is 9.53 Å². The van der Waals surface area contributed by atoms with Crippen LogP contribution in [0.25, 0.3) is 10.9 Å². The molecular formula is C12H10BrClN2O2. The van der Waals surface area contributed by atoms with Crippen LogP contribution < -0.4 is 5.73 Å². The van der Waals surface area contributed by atoms with Crippen LogP contribution in [0.15, 0.2) is 22.8 Å². The lowest BCUT2D eigenvalue weighted by Crippen LogP contribution is -2.09. The lowest BCUT2D eigenvalue weighted by molar-refractivity contribution is 0.0527. The normalized spacial score (nSPS) is 10.6. The molecule has 2 N–H and O–H groups in total. The van der Waals surface area contributed by atoms with Gasteiger partial charge in [-0.05, 0) is 19.1 Å². The summed E-state index contributed by atoms with van der Waals surface area (Å²) in [5.41, 5.74) is 7.10. The van der Waals surface area contributed by atoms with Gasteiger partial charge in [0.25, 0.3) is 0 Å². The summed E-state index contributed by atoms with van der Waals surface area (Å²) in [4.78, 5) is 15.8. The van der Waals surface area contributed by atoms with Crippen LogP contribution in [-0.2, 0) is 4.74 Å².